The third-order valence-electron chi connectivity index (χ3n) is 16.0. The number of nitrogens with one attached hydrogen (secondary N) is 8. The molecular formula is C63H98N18O13S. The summed E-state index contributed by atoms with van der Waals surface area (Å²) in [6, 6.07) is 4.51. The van der Waals surface area contributed by atoms with E-state index in [1.54, 1.807) is 60.7 Å². The quantitative estimate of drug-likeness (QED) is 0.0173. The second kappa shape index (κ2) is 41.0. The van der Waals surface area contributed by atoms with Crippen LogP contribution < -0.4 is 82.7 Å². The van der Waals surface area contributed by atoms with Crippen molar-refractivity contribution in [2.24, 2.45) is 51.0 Å². The molecule has 10 atom stereocenters. The Kier molecular flexibility index (Phi) is 33.9. The molecule has 95 heavy (non-hydrogen) atoms. The number of benzene rings is 2. The molecule has 0 unspecified atom stereocenters. The summed E-state index contributed by atoms with van der Waals surface area (Å²) in [6.45, 7) is 3.86. The van der Waals surface area contributed by atoms with Crippen LogP contribution in [0, 0.1) is 5.92 Å². The average molecular weight is 1350 g/mol. The van der Waals surface area contributed by atoms with Crippen LogP contribution in [0.2, 0.25) is 0 Å². The van der Waals surface area contributed by atoms with Gasteiger partial charge in [-0.15, -0.1) is 0 Å². The molecule has 13 amide bonds. The van der Waals surface area contributed by atoms with Crippen LogP contribution in [0.5, 0.6) is 0 Å². The molecule has 4 rings (SSSR count). The Morgan fingerprint density at radius 2 is 1.01 bits per heavy atom. The third kappa shape index (κ3) is 27.5. The van der Waals surface area contributed by atoms with E-state index in [0.717, 1.165) is 0 Å². The minimum atomic E-state index is -1.64. The van der Waals surface area contributed by atoms with Crippen molar-refractivity contribution >= 4 is 94.5 Å². The predicted octanol–water partition coefficient (Wildman–Crippen LogP) is -3.71. The number of carbonyl (C=O) groups is 13. The average Bonchev–Trinajstić information content (AvgIpc) is 1.74. The van der Waals surface area contributed by atoms with Gasteiger partial charge >= 0.3 is 0 Å². The monoisotopic (exact) mass is 1350 g/mol. The summed E-state index contributed by atoms with van der Waals surface area (Å²) in [7, 11) is 0. The second-order valence-electron chi connectivity index (χ2n) is 24.1. The second-order valence-corrected chi connectivity index (χ2v) is 25.1. The summed E-state index contributed by atoms with van der Waals surface area (Å²) < 4.78 is 0. The molecule has 32 heteroatoms. The Bertz CT molecular complexity index is 2960. The maximum absolute atomic E-state index is 14.7. The molecule has 2 fully saturated rings. The number of amides is 13. The van der Waals surface area contributed by atoms with Gasteiger partial charge in [0.25, 0.3) is 0 Å². The summed E-state index contributed by atoms with van der Waals surface area (Å²) in [5, 5.41) is 21.1. The van der Waals surface area contributed by atoms with Crippen molar-refractivity contribution in [3.8, 4) is 0 Å². The number of nitrogens with two attached hydrogens (primary N) is 7. The van der Waals surface area contributed by atoms with Crippen molar-refractivity contribution in [3.05, 3.63) is 71.8 Å². The molecular weight excluding hydrogens is 1250 g/mol. The van der Waals surface area contributed by atoms with Crippen LogP contribution in [0.4, 0.5) is 0 Å². The topological polar surface area (TPSA) is 519 Å². The van der Waals surface area contributed by atoms with Crippen molar-refractivity contribution in [1.82, 2.24) is 52.3 Å². The lowest BCUT2D eigenvalue weighted by molar-refractivity contribution is -0.144. The van der Waals surface area contributed by atoms with Crippen LogP contribution in [0.3, 0.4) is 0 Å². The number of primary amides is 3. The lowest BCUT2D eigenvalue weighted by Gasteiger charge is -2.32. The molecule has 31 nitrogen and oxygen atoms in total. The van der Waals surface area contributed by atoms with Crippen molar-refractivity contribution in [3.63, 3.8) is 0 Å². The van der Waals surface area contributed by atoms with E-state index in [1.165, 1.54) is 21.6 Å². The molecule has 2 heterocycles. The minimum absolute atomic E-state index is 0.0736. The molecule has 0 aliphatic carbocycles. The zero-order valence-corrected chi connectivity index (χ0v) is 55.3. The number of carbonyl (C=O) groups excluding carboxylic acids is 13. The molecule has 2 aliphatic rings. The molecule has 0 bridgehead atoms. The Morgan fingerprint density at radius 3 is 1.51 bits per heavy atom. The van der Waals surface area contributed by atoms with Crippen LogP contribution in [-0.2, 0) is 75.2 Å². The number of rotatable bonds is 42. The largest absolute Gasteiger partial charge is 0.370 e. The number of hydrogen-bond acceptors (Lipinski definition) is 17. The van der Waals surface area contributed by atoms with Crippen molar-refractivity contribution in [2.45, 2.75) is 183 Å². The fraction of sp³-hybridized carbons (Fsp3) is 0.587. The maximum Gasteiger partial charge on any atom is 0.245 e. The molecule has 2 aromatic carbocycles. The Labute approximate surface area is 558 Å². The summed E-state index contributed by atoms with van der Waals surface area (Å²) in [6.07, 6.45) is 3.12. The van der Waals surface area contributed by atoms with Crippen LogP contribution in [0.1, 0.15) is 121 Å². The van der Waals surface area contributed by atoms with Crippen LogP contribution in [-0.4, -0.2) is 198 Å². The zero-order chi connectivity index (χ0) is 70.1. The molecule has 22 N–H and O–H groups in total. The van der Waals surface area contributed by atoms with E-state index in [-0.39, 0.29) is 83.0 Å². The summed E-state index contributed by atoms with van der Waals surface area (Å²) >= 11 is 1.45. The van der Waals surface area contributed by atoms with Crippen LogP contribution in [0.25, 0.3) is 0 Å². The fourth-order valence-electron chi connectivity index (χ4n) is 11.0. The Hall–Kier alpha value is -8.91. The number of guanidine groups is 1. The summed E-state index contributed by atoms with van der Waals surface area (Å²) in [5.74, 6) is -9.80. The fourth-order valence-corrected chi connectivity index (χ4v) is 11.5. The molecule has 2 aromatic rings. The van der Waals surface area contributed by atoms with E-state index in [1.807, 2.05) is 20.1 Å². The van der Waals surface area contributed by atoms with Gasteiger partial charge in [-0.3, -0.25) is 67.3 Å². The molecule has 2 aliphatic heterocycles. The smallest absolute Gasteiger partial charge is 0.245 e. The lowest BCUT2D eigenvalue weighted by Crippen LogP contribution is -2.60. The first-order valence-electron chi connectivity index (χ1n) is 32.2. The van der Waals surface area contributed by atoms with Gasteiger partial charge in [-0.2, -0.15) is 11.8 Å². The highest BCUT2D eigenvalue weighted by atomic mass is 32.2. The van der Waals surface area contributed by atoms with Gasteiger partial charge in [0.1, 0.15) is 54.4 Å². The van der Waals surface area contributed by atoms with E-state index in [2.05, 4.69) is 47.5 Å². The highest BCUT2D eigenvalue weighted by Crippen LogP contribution is 2.24. The summed E-state index contributed by atoms with van der Waals surface area (Å²) in [5.41, 5.74) is 40.6. The van der Waals surface area contributed by atoms with Crippen LogP contribution >= 0.6 is 11.8 Å². The number of unbranched alkanes of at least 4 members (excludes halogenated alkanes) is 1. The first-order valence-corrected chi connectivity index (χ1v) is 33.6. The molecule has 0 saturated carbocycles. The maximum atomic E-state index is 14.7. The number of hydrogen-bond donors (Lipinski definition) is 15. The Balaban J connectivity index is 1.56. The van der Waals surface area contributed by atoms with Crippen molar-refractivity contribution in [2.75, 3.05) is 44.7 Å². The lowest BCUT2D eigenvalue weighted by atomic mass is 10.0. The van der Waals surface area contributed by atoms with Gasteiger partial charge < -0.3 is 92.5 Å². The van der Waals surface area contributed by atoms with E-state index in [9.17, 15) is 62.3 Å². The highest BCUT2D eigenvalue weighted by Gasteiger charge is 2.42. The SMILES string of the molecule is CSCC[C@H](NC(=O)[C@@H](CC(C)C)NC(=O)CNC(=O)[C@H](Cc1ccccc1)NC(=O)[C@H](Cc1ccccc1)NC(=O)[C@H](CCC(N)=O)NC(=O)[C@H](CCC(N)=O)NC(=O)[C@@H]1CCCN1C(=O)[C@H](CCCCN)NC(=O)[C@H]1CCCN1C(=O)[C@H](N)CCCN=C(N)N)C(N)=O. The van der Waals surface area contributed by atoms with Gasteiger partial charge in [-0.25, -0.2) is 0 Å². The van der Waals surface area contributed by atoms with Gasteiger partial charge in [0.05, 0.1) is 12.6 Å². The van der Waals surface area contributed by atoms with Crippen molar-refractivity contribution < 1.29 is 62.3 Å². The molecule has 524 valence electrons. The van der Waals surface area contributed by atoms with E-state index >= 15 is 0 Å². The standard InChI is InChI=1S/C63H98N18O13S/c1-37(2)33-45(57(89)74-41(53(68)85)27-32-95-3)73-52(84)36-72-54(86)46(34-38-15-6-4-7-16-38)78-58(90)47(35-39-17-8-5-9-18-39)79-56(88)42(23-25-50(66)82)75-55(87)43(24-26-51(67)83)76-59(91)49-22-14-31-81(49)62(94)44(20-10-11-28-64)77-60(92)48-21-13-30-80(48)61(93)40(65)19-12-29-71-63(69)70/h4-9,15-18,37,40-49H,10-14,19-36,64-65H2,1-3H3,(H2,66,82)(H2,67,83)(H2,68,85)(H,72,86)(H,73,84)(H,74,89)(H,75,87)(H,76,91)(H,77,92)(H,78,90)(H,79,88)(H4,69,70,71)/t40-,41+,42+,43+,44+,45-,46+,47+,48-,49+/m1/s1. The van der Waals surface area contributed by atoms with Gasteiger partial charge in [0, 0.05) is 45.3 Å². The Morgan fingerprint density at radius 1 is 0.537 bits per heavy atom. The number of aliphatic imine (C=N–C) groups is 1. The first kappa shape index (κ1) is 78.5. The van der Waals surface area contributed by atoms with Gasteiger partial charge in [-0.05, 0) is 119 Å². The van der Waals surface area contributed by atoms with E-state index in [4.69, 9.17) is 40.1 Å². The minimum Gasteiger partial charge on any atom is -0.370 e. The predicted molar refractivity (Wildman–Crippen MR) is 356 cm³/mol. The first-order chi connectivity index (χ1) is 45.2. The van der Waals surface area contributed by atoms with E-state index in [0.29, 0.717) is 55.4 Å². The van der Waals surface area contributed by atoms with Gasteiger partial charge in [0.15, 0.2) is 5.96 Å². The molecule has 0 aromatic heterocycles. The van der Waals surface area contributed by atoms with Crippen LogP contribution in [0.15, 0.2) is 65.7 Å². The van der Waals surface area contributed by atoms with E-state index < -0.39 is 169 Å². The zero-order valence-electron chi connectivity index (χ0n) is 54.5. The van der Waals surface area contributed by atoms with Gasteiger partial charge in [0.2, 0.25) is 76.8 Å². The normalized spacial score (nSPS) is 16.8. The highest BCUT2D eigenvalue weighted by molar-refractivity contribution is 7.98. The third-order valence-corrected chi connectivity index (χ3v) is 16.7. The van der Waals surface area contributed by atoms with Crippen molar-refractivity contribution in [1.29, 1.82) is 0 Å². The number of likely N-dealkylation sites (tertiary alicyclic amines) is 2. The molecule has 0 spiro atoms. The number of nitrogens with zero attached hydrogens (tertiary/aromatic N) is 3. The molecule has 2 saturated heterocycles. The molecule has 0 radical (unpaired) electrons. The van der Waals surface area contributed by atoms with Gasteiger partial charge in [-0.1, -0.05) is 74.5 Å². The summed E-state index contributed by atoms with van der Waals surface area (Å²) in [4.78, 5) is 185. The number of thioether (sulfide) groups is 1.